The van der Waals surface area contributed by atoms with Gasteiger partial charge in [0.15, 0.2) is 0 Å². The van der Waals surface area contributed by atoms with Gasteiger partial charge >= 0.3 is 0 Å². The van der Waals surface area contributed by atoms with Gasteiger partial charge in [-0.25, -0.2) is 0 Å². The highest BCUT2D eigenvalue weighted by Crippen LogP contribution is 2.00. The molecule has 66 valence electrons. The molecule has 11 heavy (non-hydrogen) atoms. The number of likely N-dealkylation sites (N-methyl/N-ethyl adjacent to an activating group) is 2. The minimum absolute atomic E-state index is 0.0509. The molecule has 0 aromatic rings. The molecule has 0 aromatic carbocycles. The molecule has 1 unspecified atom stereocenters. The maximum absolute atomic E-state index is 11.2. The van der Waals surface area contributed by atoms with Crippen molar-refractivity contribution >= 4 is 5.91 Å². The van der Waals surface area contributed by atoms with E-state index < -0.39 is 0 Å². The Morgan fingerprint density at radius 3 is 2.27 bits per heavy atom. The largest absolute Gasteiger partial charge is 0.358 e. The standard InChI is InChI=1S/C8H18N2O/c1-5-10-7(6(2)3)8(11)9-4/h6-7,10H,5H2,1-4H3,(H,9,11). The maximum atomic E-state index is 11.2. The summed E-state index contributed by atoms with van der Waals surface area (Å²) in [5.41, 5.74) is 0. The number of hydrogen-bond donors (Lipinski definition) is 2. The van der Waals surface area contributed by atoms with Crippen molar-refractivity contribution in [3.8, 4) is 0 Å². The van der Waals surface area contributed by atoms with E-state index in [1.807, 2.05) is 20.8 Å². The van der Waals surface area contributed by atoms with Gasteiger partial charge < -0.3 is 10.6 Å². The van der Waals surface area contributed by atoms with E-state index >= 15 is 0 Å². The Hall–Kier alpha value is -0.570. The Bertz CT molecular complexity index is 123. The van der Waals surface area contributed by atoms with Gasteiger partial charge in [-0.1, -0.05) is 20.8 Å². The van der Waals surface area contributed by atoms with Crippen molar-refractivity contribution in [2.45, 2.75) is 26.8 Å². The third-order valence-corrected chi connectivity index (χ3v) is 1.62. The Kier molecular flexibility index (Phi) is 4.86. The van der Waals surface area contributed by atoms with E-state index in [0.717, 1.165) is 6.54 Å². The first kappa shape index (κ1) is 10.4. The molecular formula is C8H18N2O. The van der Waals surface area contributed by atoms with Gasteiger partial charge in [0.05, 0.1) is 6.04 Å². The quantitative estimate of drug-likeness (QED) is 0.620. The van der Waals surface area contributed by atoms with Crippen molar-refractivity contribution in [3.05, 3.63) is 0 Å². The minimum atomic E-state index is -0.0509. The van der Waals surface area contributed by atoms with Gasteiger partial charge in [0.25, 0.3) is 0 Å². The highest BCUT2D eigenvalue weighted by atomic mass is 16.2. The van der Waals surface area contributed by atoms with Gasteiger partial charge in [-0.3, -0.25) is 4.79 Å². The summed E-state index contributed by atoms with van der Waals surface area (Å²) in [5.74, 6) is 0.414. The lowest BCUT2D eigenvalue weighted by atomic mass is 10.0. The van der Waals surface area contributed by atoms with Crippen LogP contribution in [-0.2, 0) is 4.79 Å². The van der Waals surface area contributed by atoms with Crippen molar-refractivity contribution in [2.24, 2.45) is 5.92 Å². The van der Waals surface area contributed by atoms with Crippen LogP contribution >= 0.6 is 0 Å². The van der Waals surface area contributed by atoms with Crippen LogP contribution in [0.1, 0.15) is 20.8 Å². The molecule has 0 spiro atoms. The van der Waals surface area contributed by atoms with E-state index in [1.54, 1.807) is 7.05 Å². The first-order valence-corrected chi connectivity index (χ1v) is 4.08. The van der Waals surface area contributed by atoms with Crippen molar-refractivity contribution in [1.82, 2.24) is 10.6 Å². The van der Waals surface area contributed by atoms with Crippen LogP contribution in [0.5, 0.6) is 0 Å². The third kappa shape index (κ3) is 3.37. The van der Waals surface area contributed by atoms with Crippen molar-refractivity contribution in [3.63, 3.8) is 0 Å². The molecule has 2 N–H and O–H groups in total. The zero-order chi connectivity index (χ0) is 8.85. The number of amides is 1. The van der Waals surface area contributed by atoms with Gasteiger partial charge in [-0.05, 0) is 12.5 Å². The Balaban J connectivity index is 3.98. The summed E-state index contributed by atoms with van der Waals surface area (Å²) in [4.78, 5) is 11.2. The molecule has 0 saturated carbocycles. The summed E-state index contributed by atoms with van der Waals surface area (Å²) in [6.07, 6.45) is 0. The molecule has 0 aliphatic heterocycles. The fraction of sp³-hybridized carbons (Fsp3) is 0.875. The van der Waals surface area contributed by atoms with Gasteiger partial charge in [0.2, 0.25) is 5.91 Å². The number of rotatable bonds is 4. The SMILES string of the molecule is CCNC(C(=O)NC)C(C)C. The van der Waals surface area contributed by atoms with Crippen molar-refractivity contribution in [2.75, 3.05) is 13.6 Å². The second-order valence-corrected chi connectivity index (χ2v) is 2.89. The number of hydrogen-bond acceptors (Lipinski definition) is 2. The highest BCUT2D eigenvalue weighted by molar-refractivity contribution is 5.81. The molecule has 3 heteroatoms. The molecule has 0 rings (SSSR count). The smallest absolute Gasteiger partial charge is 0.237 e. The molecule has 0 radical (unpaired) electrons. The van der Waals surface area contributed by atoms with Gasteiger partial charge in [-0.2, -0.15) is 0 Å². The van der Waals surface area contributed by atoms with Crippen LogP contribution in [0.4, 0.5) is 0 Å². The molecule has 0 aliphatic carbocycles. The fourth-order valence-electron chi connectivity index (χ4n) is 1.01. The summed E-state index contributed by atoms with van der Waals surface area (Å²) in [5, 5.41) is 5.75. The van der Waals surface area contributed by atoms with E-state index in [0.29, 0.717) is 5.92 Å². The molecular weight excluding hydrogens is 140 g/mol. The van der Waals surface area contributed by atoms with Crippen molar-refractivity contribution < 1.29 is 4.79 Å². The third-order valence-electron chi connectivity index (χ3n) is 1.62. The van der Waals surface area contributed by atoms with Crippen LogP contribution in [0.25, 0.3) is 0 Å². The van der Waals surface area contributed by atoms with E-state index in [1.165, 1.54) is 0 Å². The maximum Gasteiger partial charge on any atom is 0.237 e. The van der Waals surface area contributed by atoms with Gasteiger partial charge in [0, 0.05) is 7.05 Å². The van der Waals surface area contributed by atoms with Gasteiger partial charge in [0.1, 0.15) is 0 Å². The predicted octanol–water partition coefficient (Wildman–Crippen LogP) is 0.366. The molecule has 0 heterocycles. The topological polar surface area (TPSA) is 41.1 Å². The Labute approximate surface area is 68.6 Å². The molecule has 1 atom stereocenters. The Morgan fingerprint density at radius 1 is 1.45 bits per heavy atom. The minimum Gasteiger partial charge on any atom is -0.358 e. The van der Waals surface area contributed by atoms with E-state index in [2.05, 4.69) is 10.6 Å². The van der Waals surface area contributed by atoms with Crippen molar-refractivity contribution in [1.29, 1.82) is 0 Å². The van der Waals surface area contributed by atoms with Crippen LogP contribution in [0.2, 0.25) is 0 Å². The first-order chi connectivity index (χ1) is 5.13. The zero-order valence-electron chi connectivity index (χ0n) is 7.77. The fourth-order valence-corrected chi connectivity index (χ4v) is 1.01. The summed E-state index contributed by atoms with van der Waals surface area (Å²) >= 11 is 0. The molecule has 0 fully saturated rings. The first-order valence-electron chi connectivity index (χ1n) is 4.08. The van der Waals surface area contributed by atoms with E-state index in [-0.39, 0.29) is 11.9 Å². The highest BCUT2D eigenvalue weighted by Gasteiger charge is 2.18. The monoisotopic (exact) mass is 158 g/mol. The Morgan fingerprint density at radius 2 is 2.00 bits per heavy atom. The second-order valence-electron chi connectivity index (χ2n) is 2.89. The molecule has 0 aliphatic rings. The number of nitrogens with one attached hydrogen (secondary N) is 2. The molecule has 0 bridgehead atoms. The molecule has 1 amide bonds. The number of carbonyl (C=O) groups excluding carboxylic acids is 1. The second kappa shape index (κ2) is 5.13. The molecule has 0 aromatic heterocycles. The van der Waals surface area contributed by atoms with Gasteiger partial charge in [-0.15, -0.1) is 0 Å². The average molecular weight is 158 g/mol. The zero-order valence-corrected chi connectivity index (χ0v) is 7.77. The van der Waals surface area contributed by atoms with Crippen LogP contribution in [0.15, 0.2) is 0 Å². The van der Waals surface area contributed by atoms with E-state index in [4.69, 9.17) is 0 Å². The lowest BCUT2D eigenvalue weighted by molar-refractivity contribution is -0.123. The van der Waals surface area contributed by atoms with Crippen LogP contribution < -0.4 is 10.6 Å². The molecule has 0 saturated heterocycles. The predicted molar refractivity (Wildman–Crippen MR) is 46.4 cm³/mol. The lowest BCUT2D eigenvalue weighted by Gasteiger charge is -2.19. The average Bonchev–Trinajstić information content (AvgIpc) is 1.98. The summed E-state index contributed by atoms with van der Waals surface area (Å²) in [6, 6.07) is -0.0509. The number of carbonyl (C=O) groups is 1. The summed E-state index contributed by atoms with van der Waals surface area (Å²) in [7, 11) is 1.66. The van der Waals surface area contributed by atoms with Crippen LogP contribution in [0, 0.1) is 5.92 Å². The lowest BCUT2D eigenvalue weighted by Crippen LogP contribution is -2.46. The summed E-state index contributed by atoms with van der Waals surface area (Å²) < 4.78 is 0. The van der Waals surface area contributed by atoms with Crippen LogP contribution in [-0.4, -0.2) is 25.5 Å². The van der Waals surface area contributed by atoms with Crippen LogP contribution in [0.3, 0.4) is 0 Å². The van der Waals surface area contributed by atoms with E-state index in [9.17, 15) is 4.79 Å². The normalized spacial score (nSPS) is 13.2. The molecule has 3 nitrogen and oxygen atoms in total. The summed E-state index contributed by atoms with van der Waals surface area (Å²) in [6.45, 7) is 6.89.